The van der Waals surface area contributed by atoms with Gasteiger partial charge in [-0.15, -0.1) is 0 Å². The monoisotopic (exact) mass is 529 g/mol. The van der Waals surface area contributed by atoms with Crippen LogP contribution in [0, 0.1) is 5.92 Å². The number of aliphatic carboxylic acids is 1. The second-order valence-electron chi connectivity index (χ2n) is 8.67. The van der Waals surface area contributed by atoms with Crippen molar-refractivity contribution in [2.24, 2.45) is 5.92 Å². The van der Waals surface area contributed by atoms with Gasteiger partial charge in [0.05, 0.1) is 23.3 Å². The summed E-state index contributed by atoms with van der Waals surface area (Å²) >= 11 is 3.31. The molecule has 1 heterocycles. The van der Waals surface area contributed by atoms with Crippen LogP contribution in [0.4, 0.5) is 0 Å². The molecule has 8 nitrogen and oxygen atoms in total. The van der Waals surface area contributed by atoms with Crippen LogP contribution in [0.25, 0.3) is 0 Å². The molecule has 2 aromatic rings. The Labute approximate surface area is 206 Å². The van der Waals surface area contributed by atoms with Crippen molar-refractivity contribution >= 4 is 39.6 Å². The van der Waals surface area contributed by atoms with Crippen molar-refractivity contribution in [2.75, 3.05) is 0 Å². The number of carbonyl (C=O) groups excluding carboxylic acids is 3. The summed E-state index contributed by atoms with van der Waals surface area (Å²) in [6, 6.07) is 13.5. The minimum absolute atomic E-state index is 0.0253. The SMILES string of the molecule is CC(C)C[C@H](NC(CCC(=O)O)N1C(=O)c2ccc(Br)cc2C1=O)C(=O)NCc1ccccc1. The maximum Gasteiger partial charge on any atom is 0.303 e. The minimum atomic E-state index is -1.06. The number of amides is 3. The van der Waals surface area contributed by atoms with E-state index in [1.165, 1.54) is 0 Å². The molecule has 2 atom stereocenters. The van der Waals surface area contributed by atoms with Gasteiger partial charge in [-0.1, -0.05) is 60.1 Å². The van der Waals surface area contributed by atoms with Crippen molar-refractivity contribution in [1.29, 1.82) is 0 Å². The van der Waals surface area contributed by atoms with Crippen molar-refractivity contribution in [3.8, 4) is 0 Å². The summed E-state index contributed by atoms with van der Waals surface area (Å²) in [5, 5.41) is 15.3. The van der Waals surface area contributed by atoms with Crippen LogP contribution < -0.4 is 10.6 Å². The number of hydrogen-bond donors (Lipinski definition) is 3. The summed E-state index contributed by atoms with van der Waals surface area (Å²) in [6.45, 7) is 4.26. The second kappa shape index (κ2) is 11.4. The third-order valence-corrected chi connectivity index (χ3v) is 6.04. The highest BCUT2D eigenvalue weighted by Crippen LogP contribution is 2.28. The van der Waals surface area contributed by atoms with E-state index in [0.29, 0.717) is 17.4 Å². The molecule has 0 fully saturated rings. The zero-order chi connectivity index (χ0) is 24.8. The third kappa shape index (κ3) is 6.30. The van der Waals surface area contributed by atoms with Gasteiger partial charge in [-0.3, -0.25) is 29.4 Å². The highest BCUT2D eigenvalue weighted by Gasteiger charge is 2.41. The van der Waals surface area contributed by atoms with Gasteiger partial charge in [0.1, 0.15) is 0 Å². The summed E-state index contributed by atoms with van der Waals surface area (Å²) in [5.74, 6) is -2.23. The molecule has 3 N–H and O–H groups in total. The summed E-state index contributed by atoms with van der Waals surface area (Å²) < 4.78 is 0.655. The number of halogens is 1. The molecule has 0 aliphatic carbocycles. The van der Waals surface area contributed by atoms with E-state index in [0.717, 1.165) is 10.5 Å². The fourth-order valence-electron chi connectivity index (χ4n) is 3.92. The number of fused-ring (bicyclic) bond motifs is 1. The smallest absolute Gasteiger partial charge is 0.303 e. The number of nitrogens with zero attached hydrogens (tertiary/aromatic N) is 1. The van der Waals surface area contributed by atoms with E-state index >= 15 is 0 Å². The summed E-state index contributed by atoms with van der Waals surface area (Å²) in [4.78, 5) is 51.6. The highest BCUT2D eigenvalue weighted by atomic mass is 79.9. The average molecular weight is 530 g/mol. The van der Waals surface area contributed by atoms with Crippen LogP contribution >= 0.6 is 15.9 Å². The first-order valence-electron chi connectivity index (χ1n) is 11.1. The van der Waals surface area contributed by atoms with Crippen LogP contribution in [0.2, 0.25) is 0 Å². The number of carboxylic acids is 1. The Morgan fingerprint density at radius 1 is 1.03 bits per heavy atom. The van der Waals surface area contributed by atoms with Gasteiger partial charge in [0, 0.05) is 17.4 Å². The summed E-state index contributed by atoms with van der Waals surface area (Å²) in [6.07, 6.45) is -0.801. The van der Waals surface area contributed by atoms with Crippen LogP contribution in [-0.4, -0.2) is 45.9 Å². The third-order valence-electron chi connectivity index (χ3n) is 5.55. The van der Waals surface area contributed by atoms with Gasteiger partial charge in [-0.05, 0) is 42.5 Å². The van der Waals surface area contributed by atoms with Crippen LogP contribution in [0.1, 0.15) is 59.4 Å². The maximum absolute atomic E-state index is 13.1. The van der Waals surface area contributed by atoms with Crippen LogP contribution in [-0.2, 0) is 16.1 Å². The fourth-order valence-corrected chi connectivity index (χ4v) is 4.29. The molecular weight excluding hydrogens is 502 g/mol. The van der Waals surface area contributed by atoms with Gasteiger partial charge in [0.25, 0.3) is 11.8 Å². The molecule has 9 heteroatoms. The standard InChI is InChI=1S/C25H28BrN3O5/c1-15(2)12-20(23(32)27-14-16-6-4-3-5-7-16)28-21(10-11-22(30)31)29-24(33)18-9-8-17(26)13-19(18)25(29)34/h3-9,13,15,20-21,28H,10-12,14H2,1-2H3,(H,27,32)(H,30,31)/t20-,21?/m0/s1. The predicted molar refractivity (Wildman–Crippen MR) is 130 cm³/mol. The van der Waals surface area contributed by atoms with Gasteiger partial charge in [-0.2, -0.15) is 0 Å². The van der Waals surface area contributed by atoms with Gasteiger partial charge < -0.3 is 10.4 Å². The molecular formula is C25H28BrN3O5. The molecule has 34 heavy (non-hydrogen) atoms. The Morgan fingerprint density at radius 3 is 2.35 bits per heavy atom. The number of hydrogen-bond acceptors (Lipinski definition) is 5. The molecule has 0 spiro atoms. The summed E-state index contributed by atoms with van der Waals surface area (Å²) in [7, 11) is 0. The molecule has 0 aromatic heterocycles. The number of benzene rings is 2. The normalized spacial score (nSPS) is 14.8. The van der Waals surface area contributed by atoms with E-state index < -0.39 is 30.0 Å². The van der Waals surface area contributed by atoms with Gasteiger partial charge >= 0.3 is 5.97 Å². The number of nitrogens with one attached hydrogen (secondary N) is 2. The topological polar surface area (TPSA) is 116 Å². The van der Waals surface area contributed by atoms with Crippen LogP contribution in [0.5, 0.6) is 0 Å². The molecule has 3 amide bonds. The van der Waals surface area contributed by atoms with E-state index in [1.54, 1.807) is 18.2 Å². The minimum Gasteiger partial charge on any atom is -0.481 e. The van der Waals surface area contributed by atoms with Gasteiger partial charge in [0.15, 0.2) is 0 Å². The lowest BCUT2D eigenvalue weighted by atomic mass is 10.0. The first-order chi connectivity index (χ1) is 16.2. The quantitative estimate of drug-likeness (QED) is 0.383. The summed E-state index contributed by atoms with van der Waals surface area (Å²) in [5.41, 5.74) is 1.44. The Kier molecular flexibility index (Phi) is 8.57. The highest BCUT2D eigenvalue weighted by molar-refractivity contribution is 9.10. The molecule has 2 aromatic carbocycles. The Hall–Kier alpha value is -3.04. The Balaban J connectivity index is 1.82. The molecule has 0 saturated heterocycles. The molecule has 3 rings (SSSR count). The van der Waals surface area contributed by atoms with E-state index in [9.17, 15) is 24.3 Å². The molecule has 0 bridgehead atoms. The largest absolute Gasteiger partial charge is 0.481 e. The first-order valence-corrected chi connectivity index (χ1v) is 11.9. The molecule has 1 aliphatic heterocycles. The number of rotatable bonds is 11. The molecule has 180 valence electrons. The van der Waals surface area contributed by atoms with Crippen molar-refractivity contribution in [3.05, 3.63) is 69.7 Å². The van der Waals surface area contributed by atoms with Crippen LogP contribution in [0.3, 0.4) is 0 Å². The van der Waals surface area contributed by atoms with E-state index in [4.69, 9.17) is 0 Å². The molecule has 1 aliphatic rings. The number of carbonyl (C=O) groups is 4. The van der Waals surface area contributed by atoms with Crippen LogP contribution in [0.15, 0.2) is 53.0 Å². The molecule has 0 radical (unpaired) electrons. The molecule has 1 unspecified atom stereocenters. The number of carboxylic acid groups (broad SMARTS) is 1. The van der Waals surface area contributed by atoms with Crippen molar-refractivity contribution < 1.29 is 24.3 Å². The van der Waals surface area contributed by atoms with Gasteiger partial charge in [0.2, 0.25) is 5.91 Å². The second-order valence-corrected chi connectivity index (χ2v) is 9.59. The zero-order valence-electron chi connectivity index (χ0n) is 19.1. The van der Waals surface area contributed by atoms with E-state index in [-0.39, 0.29) is 35.8 Å². The van der Waals surface area contributed by atoms with Crippen molar-refractivity contribution in [2.45, 2.75) is 51.9 Å². The van der Waals surface area contributed by atoms with E-state index in [2.05, 4.69) is 26.6 Å². The first kappa shape index (κ1) is 25.6. The number of imide groups is 1. The Morgan fingerprint density at radius 2 is 1.71 bits per heavy atom. The van der Waals surface area contributed by atoms with Gasteiger partial charge in [-0.25, -0.2) is 0 Å². The average Bonchev–Trinajstić information content (AvgIpc) is 3.04. The van der Waals surface area contributed by atoms with E-state index in [1.807, 2.05) is 44.2 Å². The zero-order valence-corrected chi connectivity index (χ0v) is 20.7. The van der Waals surface area contributed by atoms with Crippen molar-refractivity contribution in [1.82, 2.24) is 15.5 Å². The molecule has 0 saturated carbocycles. The Bertz CT molecular complexity index is 1070. The predicted octanol–water partition coefficient (Wildman–Crippen LogP) is 3.56. The fraction of sp³-hybridized carbons (Fsp3) is 0.360. The lowest BCUT2D eigenvalue weighted by Crippen LogP contribution is -2.56. The van der Waals surface area contributed by atoms with Crippen molar-refractivity contribution in [3.63, 3.8) is 0 Å². The lowest BCUT2D eigenvalue weighted by molar-refractivity contribution is -0.137. The maximum atomic E-state index is 13.1. The lowest BCUT2D eigenvalue weighted by Gasteiger charge is -2.31.